The minimum Gasteiger partial charge on any atom is -0.490 e. The van der Waals surface area contributed by atoms with Gasteiger partial charge in [0.15, 0.2) is 11.6 Å². The molecule has 2 aromatic rings. The van der Waals surface area contributed by atoms with Crippen LogP contribution in [0.15, 0.2) is 42.5 Å². The average Bonchev–Trinajstić information content (AvgIpc) is 2.47. The Morgan fingerprint density at radius 1 is 1.10 bits per heavy atom. The first-order valence-corrected chi connectivity index (χ1v) is 6.41. The van der Waals surface area contributed by atoms with Gasteiger partial charge in [0.2, 0.25) is 0 Å². The predicted molar refractivity (Wildman–Crippen MR) is 75.5 cm³/mol. The zero-order valence-electron chi connectivity index (χ0n) is 11.5. The Morgan fingerprint density at radius 3 is 2.43 bits per heavy atom. The van der Waals surface area contributed by atoms with Gasteiger partial charge in [-0.3, -0.25) is 0 Å². The molecule has 0 unspecified atom stereocenters. The molecule has 0 atom stereocenters. The minimum absolute atomic E-state index is 0.194. The van der Waals surface area contributed by atoms with Crippen LogP contribution in [0.3, 0.4) is 0 Å². The topological polar surface area (TPSA) is 55.8 Å². The van der Waals surface area contributed by atoms with Crippen molar-refractivity contribution in [2.75, 3.05) is 13.2 Å². The summed E-state index contributed by atoms with van der Waals surface area (Å²) in [6.07, 6.45) is 0. The maximum absolute atomic E-state index is 13.4. The van der Waals surface area contributed by atoms with Crippen molar-refractivity contribution in [3.05, 3.63) is 59.4 Å². The molecule has 2 rings (SSSR count). The van der Waals surface area contributed by atoms with Gasteiger partial charge < -0.3 is 14.6 Å². The Morgan fingerprint density at radius 2 is 1.76 bits per heavy atom. The van der Waals surface area contributed by atoms with Crippen LogP contribution in [0.4, 0.5) is 4.39 Å². The molecule has 4 nitrogen and oxygen atoms in total. The molecule has 0 aliphatic carbocycles. The molecule has 21 heavy (non-hydrogen) atoms. The lowest BCUT2D eigenvalue weighted by atomic mass is 10.2. The maximum atomic E-state index is 13.4. The minimum atomic E-state index is -0.986. The number of carbonyl (C=O) groups is 1. The van der Waals surface area contributed by atoms with E-state index in [9.17, 15) is 9.18 Å². The van der Waals surface area contributed by atoms with Crippen molar-refractivity contribution in [1.82, 2.24) is 0 Å². The van der Waals surface area contributed by atoms with Gasteiger partial charge in [0.05, 0.1) is 5.56 Å². The lowest BCUT2D eigenvalue weighted by Crippen LogP contribution is -2.10. The Balaban J connectivity index is 1.81. The highest BCUT2D eigenvalue weighted by Crippen LogP contribution is 2.18. The van der Waals surface area contributed by atoms with Crippen molar-refractivity contribution in [3.63, 3.8) is 0 Å². The van der Waals surface area contributed by atoms with Crippen LogP contribution in [0.1, 0.15) is 15.9 Å². The molecule has 0 aliphatic heterocycles. The van der Waals surface area contributed by atoms with E-state index in [-0.39, 0.29) is 24.5 Å². The summed E-state index contributed by atoms with van der Waals surface area (Å²) in [4.78, 5) is 10.7. The smallest absolute Gasteiger partial charge is 0.335 e. The monoisotopic (exact) mass is 290 g/mol. The largest absolute Gasteiger partial charge is 0.490 e. The van der Waals surface area contributed by atoms with Crippen LogP contribution in [0, 0.1) is 12.7 Å². The van der Waals surface area contributed by atoms with E-state index in [2.05, 4.69) is 0 Å². The van der Waals surface area contributed by atoms with Crippen molar-refractivity contribution in [1.29, 1.82) is 0 Å². The molecule has 0 radical (unpaired) electrons. The summed E-state index contributed by atoms with van der Waals surface area (Å²) >= 11 is 0. The maximum Gasteiger partial charge on any atom is 0.335 e. The van der Waals surface area contributed by atoms with E-state index >= 15 is 0 Å². The average molecular weight is 290 g/mol. The first-order chi connectivity index (χ1) is 10.1. The Bertz CT molecular complexity index is 623. The third-order valence-electron chi connectivity index (χ3n) is 2.80. The third kappa shape index (κ3) is 4.21. The molecule has 110 valence electrons. The van der Waals surface area contributed by atoms with Crippen molar-refractivity contribution in [3.8, 4) is 11.5 Å². The molecule has 0 bridgehead atoms. The van der Waals surface area contributed by atoms with Gasteiger partial charge in [-0.15, -0.1) is 0 Å². The highest BCUT2D eigenvalue weighted by Gasteiger charge is 2.04. The Kier molecular flexibility index (Phi) is 4.77. The highest BCUT2D eigenvalue weighted by atomic mass is 19.1. The molecule has 0 amide bonds. The molecule has 0 spiro atoms. The van der Waals surface area contributed by atoms with Crippen LogP contribution in [0.5, 0.6) is 11.5 Å². The van der Waals surface area contributed by atoms with E-state index < -0.39 is 11.8 Å². The van der Waals surface area contributed by atoms with Crippen LogP contribution in [-0.4, -0.2) is 24.3 Å². The zero-order valence-corrected chi connectivity index (χ0v) is 11.5. The lowest BCUT2D eigenvalue weighted by molar-refractivity contribution is 0.0697. The number of ether oxygens (including phenoxy) is 2. The van der Waals surface area contributed by atoms with Gasteiger partial charge in [-0.2, -0.15) is 0 Å². The molecule has 0 aromatic heterocycles. The quantitative estimate of drug-likeness (QED) is 0.829. The van der Waals surface area contributed by atoms with E-state index in [0.29, 0.717) is 5.75 Å². The fourth-order valence-corrected chi connectivity index (χ4v) is 1.73. The van der Waals surface area contributed by atoms with Crippen LogP contribution >= 0.6 is 0 Å². The summed E-state index contributed by atoms with van der Waals surface area (Å²) in [5, 5.41) is 8.77. The SMILES string of the molecule is Cc1ccc(F)c(OCCOc2ccc(C(=O)O)cc2)c1. The van der Waals surface area contributed by atoms with Crippen molar-refractivity contribution < 1.29 is 23.8 Å². The summed E-state index contributed by atoms with van der Waals surface area (Å²) in [6.45, 7) is 2.29. The van der Waals surface area contributed by atoms with E-state index in [0.717, 1.165) is 5.56 Å². The third-order valence-corrected chi connectivity index (χ3v) is 2.80. The number of aromatic carboxylic acids is 1. The van der Waals surface area contributed by atoms with Crippen LogP contribution in [-0.2, 0) is 0 Å². The van der Waals surface area contributed by atoms with Crippen molar-refractivity contribution in [2.45, 2.75) is 6.92 Å². The van der Waals surface area contributed by atoms with Crippen LogP contribution < -0.4 is 9.47 Å². The van der Waals surface area contributed by atoms with Gasteiger partial charge in [0, 0.05) is 0 Å². The van der Waals surface area contributed by atoms with Gasteiger partial charge in [-0.05, 0) is 48.9 Å². The molecule has 2 aromatic carbocycles. The number of carboxylic acids is 1. The van der Waals surface area contributed by atoms with Crippen molar-refractivity contribution in [2.24, 2.45) is 0 Å². The standard InChI is InChI=1S/C16H15FO4/c1-11-2-7-14(17)15(10-11)21-9-8-20-13-5-3-12(4-6-13)16(18)19/h2-7,10H,8-9H2,1H3,(H,18,19). The Hall–Kier alpha value is -2.56. The van der Waals surface area contributed by atoms with Gasteiger partial charge >= 0.3 is 5.97 Å². The number of hydrogen-bond acceptors (Lipinski definition) is 3. The highest BCUT2D eigenvalue weighted by molar-refractivity contribution is 5.87. The molecular formula is C16H15FO4. The predicted octanol–water partition coefficient (Wildman–Crippen LogP) is 3.29. The lowest BCUT2D eigenvalue weighted by Gasteiger charge is -2.09. The molecule has 0 heterocycles. The fraction of sp³-hybridized carbons (Fsp3) is 0.188. The van der Waals surface area contributed by atoms with Gasteiger partial charge in [-0.25, -0.2) is 9.18 Å². The fourth-order valence-electron chi connectivity index (χ4n) is 1.73. The molecule has 1 N–H and O–H groups in total. The number of aryl methyl sites for hydroxylation is 1. The van der Waals surface area contributed by atoms with E-state index in [4.69, 9.17) is 14.6 Å². The summed E-state index contributed by atoms with van der Waals surface area (Å²) in [5.74, 6) is -0.667. The molecule has 0 fully saturated rings. The summed E-state index contributed by atoms with van der Waals surface area (Å²) in [7, 11) is 0. The number of benzene rings is 2. The number of carboxylic acid groups (broad SMARTS) is 1. The molecule has 0 saturated heterocycles. The summed E-state index contributed by atoms with van der Waals surface area (Å²) in [5.41, 5.74) is 1.11. The van der Waals surface area contributed by atoms with Gasteiger partial charge in [-0.1, -0.05) is 6.07 Å². The zero-order chi connectivity index (χ0) is 15.2. The van der Waals surface area contributed by atoms with Gasteiger partial charge in [0.1, 0.15) is 19.0 Å². The van der Waals surface area contributed by atoms with Gasteiger partial charge in [0.25, 0.3) is 0 Å². The van der Waals surface area contributed by atoms with E-state index in [1.807, 2.05) is 6.92 Å². The second-order valence-electron chi connectivity index (χ2n) is 4.46. The molecule has 0 aliphatic rings. The summed E-state index contributed by atoms with van der Waals surface area (Å²) < 4.78 is 24.1. The normalized spacial score (nSPS) is 10.2. The first kappa shape index (κ1) is 14.8. The molecule has 0 saturated carbocycles. The summed E-state index contributed by atoms with van der Waals surface area (Å²) in [6, 6.07) is 10.7. The molecular weight excluding hydrogens is 275 g/mol. The second kappa shape index (κ2) is 6.74. The van der Waals surface area contributed by atoms with E-state index in [1.54, 1.807) is 24.3 Å². The van der Waals surface area contributed by atoms with Crippen LogP contribution in [0.2, 0.25) is 0 Å². The molecule has 5 heteroatoms. The first-order valence-electron chi connectivity index (χ1n) is 6.41. The number of rotatable bonds is 6. The van der Waals surface area contributed by atoms with E-state index in [1.165, 1.54) is 18.2 Å². The Labute approximate surface area is 121 Å². The number of hydrogen-bond donors (Lipinski definition) is 1. The number of halogens is 1. The van der Waals surface area contributed by atoms with Crippen molar-refractivity contribution >= 4 is 5.97 Å². The van der Waals surface area contributed by atoms with Crippen LogP contribution in [0.25, 0.3) is 0 Å². The second-order valence-corrected chi connectivity index (χ2v) is 4.46.